The van der Waals surface area contributed by atoms with Gasteiger partial charge in [0.2, 0.25) is 0 Å². The second-order valence-corrected chi connectivity index (χ2v) is 16.9. The van der Waals surface area contributed by atoms with Crippen LogP contribution in [0.5, 0.6) is 0 Å². The zero-order valence-electron chi connectivity index (χ0n) is 30.8. The number of rotatable bonds is 4. The molecule has 0 spiro atoms. The predicted octanol–water partition coefficient (Wildman–Crippen LogP) is 13.9. The van der Waals surface area contributed by atoms with Gasteiger partial charge in [0.15, 0.2) is 17.5 Å². The average molecular weight is 776 g/mol. The summed E-state index contributed by atoms with van der Waals surface area (Å²) in [6.07, 6.45) is 0. The number of thiophene rings is 1. The molecule has 0 atom stereocenters. The Morgan fingerprint density at radius 3 is 2.00 bits per heavy atom. The first kappa shape index (κ1) is 32.1. The van der Waals surface area contributed by atoms with Crippen LogP contribution in [-0.4, -0.2) is 24.1 Å². The highest BCUT2D eigenvalue weighted by Gasteiger charge is 2.29. The van der Waals surface area contributed by atoms with Crippen LogP contribution in [0.3, 0.4) is 0 Å². The van der Waals surface area contributed by atoms with Crippen molar-refractivity contribution >= 4 is 86.9 Å². The number of para-hydroxylation sites is 4. The van der Waals surface area contributed by atoms with Crippen molar-refractivity contribution in [3.63, 3.8) is 0 Å². The summed E-state index contributed by atoms with van der Waals surface area (Å²) in [7, 11) is 0. The number of fused-ring (bicyclic) bond motifs is 11. The van der Waals surface area contributed by atoms with E-state index in [0.29, 0.717) is 17.5 Å². The lowest BCUT2D eigenvalue weighted by molar-refractivity contribution is 1.02. The predicted molar refractivity (Wildman–Crippen MR) is 242 cm³/mol. The van der Waals surface area contributed by atoms with E-state index in [1.165, 1.54) is 62.7 Å². The standard InChI is InChI=1S/C51H29N5S2/c1-2-14-31-29-32(28-27-30(31)13-1)48-52-49(54-50(53-48)37-19-12-25-43-45(37)35-17-5-9-23-41(35)57-43)34-16-4-7-21-39(34)55-38-20-6-3-15-33(38)46-36-18-11-26-44-47(36)56(51(46)55)40-22-8-10-24-42(40)58-44/h1-29H. The molecule has 0 amide bonds. The molecule has 0 saturated carbocycles. The molecule has 4 aromatic heterocycles. The molecule has 1 aliphatic heterocycles. The molecule has 5 nitrogen and oxygen atoms in total. The quantitative estimate of drug-likeness (QED) is 0.179. The van der Waals surface area contributed by atoms with Crippen LogP contribution in [0.25, 0.3) is 109 Å². The first-order valence-electron chi connectivity index (χ1n) is 19.4. The van der Waals surface area contributed by atoms with Crippen molar-refractivity contribution in [2.75, 3.05) is 0 Å². The Morgan fingerprint density at radius 2 is 1.07 bits per heavy atom. The van der Waals surface area contributed by atoms with Crippen LogP contribution in [0.2, 0.25) is 0 Å². The summed E-state index contributed by atoms with van der Waals surface area (Å²) < 4.78 is 7.36. The second-order valence-electron chi connectivity index (χ2n) is 14.8. The molecule has 58 heavy (non-hydrogen) atoms. The van der Waals surface area contributed by atoms with Crippen molar-refractivity contribution in [1.82, 2.24) is 24.1 Å². The van der Waals surface area contributed by atoms with E-state index in [-0.39, 0.29) is 0 Å². The Morgan fingerprint density at radius 1 is 0.414 bits per heavy atom. The Balaban J connectivity index is 1.13. The van der Waals surface area contributed by atoms with E-state index in [2.05, 4.69) is 185 Å². The second kappa shape index (κ2) is 12.2. The molecule has 7 heteroatoms. The maximum Gasteiger partial charge on any atom is 0.166 e. The summed E-state index contributed by atoms with van der Waals surface area (Å²) in [5, 5.41) is 8.40. The van der Waals surface area contributed by atoms with Crippen molar-refractivity contribution in [2.45, 2.75) is 9.79 Å². The normalized spacial score (nSPS) is 12.4. The Bertz CT molecular complexity index is 3690. The molecule has 1 aliphatic rings. The summed E-state index contributed by atoms with van der Waals surface area (Å²) in [6.45, 7) is 0. The highest BCUT2D eigenvalue weighted by atomic mass is 32.2. The molecule has 13 rings (SSSR count). The van der Waals surface area contributed by atoms with Gasteiger partial charge in [0, 0.05) is 62.8 Å². The van der Waals surface area contributed by atoms with Crippen LogP contribution in [-0.2, 0) is 0 Å². The molecule has 0 N–H and O–H groups in total. The topological polar surface area (TPSA) is 48.5 Å². The van der Waals surface area contributed by atoms with Crippen LogP contribution in [0, 0.1) is 0 Å². The van der Waals surface area contributed by atoms with Crippen LogP contribution in [0.1, 0.15) is 0 Å². The largest absolute Gasteiger partial charge is 0.294 e. The van der Waals surface area contributed by atoms with Crippen molar-refractivity contribution in [3.8, 4) is 45.5 Å². The third-order valence-corrected chi connectivity index (χ3v) is 13.8. The summed E-state index contributed by atoms with van der Waals surface area (Å²) in [5.74, 6) is 1.91. The molecule has 8 aromatic carbocycles. The number of hydrogen-bond donors (Lipinski definition) is 0. The van der Waals surface area contributed by atoms with Gasteiger partial charge in [0.05, 0.1) is 22.4 Å². The van der Waals surface area contributed by atoms with E-state index < -0.39 is 0 Å². The lowest BCUT2D eigenvalue weighted by atomic mass is 10.0. The third-order valence-electron chi connectivity index (χ3n) is 11.6. The van der Waals surface area contributed by atoms with Gasteiger partial charge in [-0.2, -0.15) is 0 Å². The minimum absolute atomic E-state index is 0.623. The van der Waals surface area contributed by atoms with E-state index in [1.54, 1.807) is 11.3 Å². The summed E-state index contributed by atoms with van der Waals surface area (Å²) in [6, 6.07) is 62.9. The Kier molecular flexibility index (Phi) is 6.76. The van der Waals surface area contributed by atoms with Crippen molar-refractivity contribution in [2.24, 2.45) is 0 Å². The van der Waals surface area contributed by atoms with Gasteiger partial charge in [0.25, 0.3) is 0 Å². The smallest absolute Gasteiger partial charge is 0.166 e. The van der Waals surface area contributed by atoms with Crippen molar-refractivity contribution in [3.05, 3.63) is 176 Å². The van der Waals surface area contributed by atoms with Gasteiger partial charge in [-0.1, -0.05) is 133 Å². The monoisotopic (exact) mass is 775 g/mol. The summed E-state index contributed by atoms with van der Waals surface area (Å²) in [5.41, 5.74) is 8.56. The summed E-state index contributed by atoms with van der Waals surface area (Å²) >= 11 is 3.65. The number of benzene rings is 8. The molecule has 270 valence electrons. The van der Waals surface area contributed by atoms with Crippen LogP contribution in [0.15, 0.2) is 186 Å². The van der Waals surface area contributed by atoms with E-state index in [0.717, 1.165) is 38.9 Å². The lowest BCUT2D eigenvalue weighted by Crippen LogP contribution is -2.07. The minimum Gasteiger partial charge on any atom is -0.294 e. The highest BCUT2D eigenvalue weighted by Crippen LogP contribution is 2.50. The fourth-order valence-corrected chi connectivity index (χ4v) is 11.3. The minimum atomic E-state index is 0.623. The van der Waals surface area contributed by atoms with Gasteiger partial charge in [0.1, 0.15) is 5.65 Å². The molecular formula is C51H29N5S2. The molecule has 5 heterocycles. The molecule has 12 aromatic rings. The Hall–Kier alpha value is -7.06. The maximum absolute atomic E-state index is 5.43. The SMILES string of the molecule is c1ccc2c(c1)Sc1cccc3c4c5ccccc5n(-c5ccccc5-c5nc(-c6ccc7ccccc7c6)nc(-c6cccc7sc8ccccc8c67)n5)c4n-2c13. The lowest BCUT2D eigenvalue weighted by Gasteiger charge is -2.21. The number of aromatic nitrogens is 5. The van der Waals surface area contributed by atoms with E-state index in [9.17, 15) is 0 Å². The van der Waals surface area contributed by atoms with Crippen LogP contribution < -0.4 is 0 Å². The fourth-order valence-electron chi connectivity index (χ4n) is 9.06. The first-order valence-corrected chi connectivity index (χ1v) is 21.0. The van der Waals surface area contributed by atoms with Gasteiger partial charge in [-0.25, -0.2) is 15.0 Å². The zero-order chi connectivity index (χ0) is 37.9. The van der Waals surface area contributed by atoms with Crippen molar-refractivity contribution < 1.29 is 0 Å². The van der Waals surface area contributed by atoms with Crippen LogP contribution in [0.4, 0.5) is 0 Å². The van der Waals surface area contributed by atoms with Gasteiger partial charge < -0.3 is 0 Å². The number of hydrogen-bond acceptors (Lipinski definition) is 5. The van der Waals surface area contributed by atoms with Gasteiger partial charge in [-0.15, -0.1) is 11.3 Å². The van der Waals surface area contributed by atoms with E-state index in [4.69, 9.17) is 15.0 Å². The molecule has 0 unspecified atom stereocenters. The summed E-state index contributed by atoms with van der Waals surface area (Å²) in [4.78, 5) is 18.6. The molecule has 0 bridgehead atoms. The van der Waals surface area contributed by atoms with Gasteiger partial charge in [-0.3, -0.25) is 9.13 Å². The van der Waals surface area contributed by atoms with Crippen molar-refractivity contribution in [1.29, 1.82) is 0 Å². The van der Waals surface area contributed by atoms with Gasteiger partial charge >= 0.3 is 0 Å². The molecule has 0 radical (unpaired) electrons. The van der Waals surface area contributed by atoms with Gasteiger partial charge in [-0.05, 0) is 65.4 Å². The van der Waals surface area contributed by atoms with E-state index in [1.807, 2.05) is 11.8 Å². The maximum atomic E-state index is 5.43. The van der Waals surface area contributed by atoms with E-state index >= 15 is 0 Å². The average Bonchev–Trinajstić information content (AvgIpc) is 3.95. The Labute approximate surface area is 340 Å². The molecule has 0 fully saturated rings. The molecule has 0 saturated heterocycles. The number of nitrogens with zero attached hydrogens (tertiary/aromatic N) is 5. The third kappa shape index (κ3) is 4.57. The highest BCUT2D eigenvalue weighted by molar-refractivity contribution is 7.99. The fraction of sp³-hybridized carbons (Fsp3) is 0. The molecule has 0 aliphatic carbocycles. The molecular weight excluding hydrogens is 747 g/mol. The van der Waals surface area contributed by atoms with Crippen LogP contribution >= 0.6 is 23.1 Å². The first-order chi connectivity index (χ1) is 28.8. The zero-order valence-corrected chi connectivity index (χ0v) is 32.4.